The Morgan fingerprint density at radius 3 is 2.25 bits per heavy atom. The van der Waals surface area contributed by atoms with E-state index in [-0.39, 0.29) is 11.7 Å². The molecule has 0 heterocycles. The number of nitrogens with zero attached hydrogens (tertiary/aromatic N) is 1. The fraction of sp³-hybridized carbons (Fsp3) is 0.0833. The van der Waals surface area contributed by atoms with Crippen molar-refractivity contribution < 1.29 is 19.1 Å². The summed E-state index contributed by atoms with van der Waals surface area (Å²) < 4.78 is 5.48. The van der Waals surface area contributed by atoms with Gasteiger partial charge in [-0.2, -0.15) is 5.10 Å². The molecule has 0 saturated carbocycles. The Morgan fingerprint density at radius 1 is 0.938 bits per heavy atom. The largest absolute Gasteiger partial charge is 0.422 e. The molecule has 2 N–H and O–H groups in total. The van der Waals surface area contributed by atoms with E-state index >= 15 is 0 Å². The standard InChI is InChI=1S/C24H20ClN3O4/c1-15-3-5-18(6-4-15)24(31)32-22-12-9-20(25)13-19(22)14-26-28-23(30)17-7-10-21(11-8-17)27-16(2)29/h3-14H,1-2H3,(H,27,29)(H,28,30)/b26-14+. The Labute approximate surface area is 190 Å². The summed E-state index contributed by atoms with van der Waals surface area (Å²) in [6.45, 7) is 3.33. The lowest BCUT2D eigenvalue weighted by atomic mass is 10.1. The number of aryl methyl sites for hydroxylation is 1. The number of carbonyl (C=O) groups is 3. The summed E-state index contributed by atoms with van der Waals surface area (Å²) in [7, 11) is 0. The molecule has 0 aliphatic heterocycles. The third-order valence-corrected chi connectivity index (χ3v) is 4.53. The van der Waals surface area contributed by atoms with Crippen molar-refractivity contribution in [1.82, 2.24) is 5.43 Å². The van der Waals surface area contributed by atoms with Gasteiger partial charge in [-0.25, -0.2) is 10.2 Å². The van der Waals surface area contributed by atoms with E-state index in [0.717, 1.165) is 5.56 Å². The molecular weight excluding hydrogens is 430 g/mol. The molecule has 0 aromatic heterocycles. The van der Waals surface area contributed by atoms with Crippen molar-refractivity contribution in [2.24, 2.45) is 5.10 Å². The molecule has 0 aliphatic carbocycles. The van der Waals surface area contributed by atoms with E-state index in [0.29, 0.717) is 27.4 Å². The first-order chi connectivity index (χ1) is 15.3. The lowest BCUT2D eigenvalue weighted by molar-refractivity contribution is -0.114. The maximum atomic E-state index is 12.4. The molecule has 0 atom stereocenters. The van der Waals surface area contributed by atoms with Crippen LogP contribution in [0, 0.1) is 6.92 Å². The highest BCUT2D eigenvalue weighted by Crippen LogP contribution is 2.22. The molecule has 8 heteroatoms. The number of hydrogen-bond acceptors (Lipinski definition) is 5. The first-order valence-corrected chi connectivity index (χ1v) is 9.99. The van der Waals surface area contributed by atoms with Crippen LogP contribution >= 0.6 is 11.6 Å². The normalized spacial score (nSPS) is 10.6. The van der Waals surface area contributed by atoms with Crippen molar-refractivity contribution in [2.75, 3.05) is 5.32 Å². The highest BCUT2D eigenvalue weighted by Gasteiger charge is 2.12. The van der Waals surface area contributed by atoms with E-state index in [9.17, 15) is 14.4 Å². The van der Waals surface area contributed by atoms with Crippen molar-refractivity contribution >= 4 is 41.3 Å². The van der Waals surface area contributed by atoms with Crippen LogP contribution in [0.2, 0.25) is 5.02 Å². The van der Waals surface area contributed by atoms with Gasteiger partial charge in [0, 0.05) is 28.8 Å². The van der Waals surface area contributed by atoms with Crippen LogP contribution < -0.4 is 15.5 Å². The quantitative estimate of drug-likeness (QED) is 0.249. The van der Waals surface area contributed by atoms with Gasteiger partial charge in [-0.3, -0.25) is 9.59 Å². The van der Waals surface area contributed by atoms with Gasteiger partial charge >= 0.3 is 5.97 Å². The number of ether oxygens (including phenoxy) is 1. The maximum Gasteiger partial charge on any atom is 0.343 e. The molecule has 0 bridgehead atoms. The zero-order chi connectivity index (χ0) is 23.1. The molecule has 0 spiro atoms. The number of amides is 2. The van der Waals surface area contributed by atoms with Gasteiger partial charge in [0.15, 0.2) is 0 Å². The number of halogens is 1. The zero-order valence-electron chi connectivity index (χ0n) is 17.4. The second-order valence-corrected chi connectivity index (χ2v) is 7.33. The summed E-state index contributed by atoms with van der Waals surface area (Å²) in [5, 5.41) is 6.98. The summed E-state index contributed by atoms with van der Waals surface area (Å²) in [5.74, 6) is -0.925. The highest BCUT2D eigenvalue weighted by atomic mass is 35.5. The van der Waals surface area contributed by atoms with Gasteiger partial charge in [0.1, 0.15) is 5.75 Å². The highest BCUT2D eigenvalue weighted by molar-refractivity contribution is 6.31. The molecule has 7 nitrogen and oxygen atoms in total. The molecular formula is C24H20ClN3O4. The number of anilines is 1. The minimum atomic E-state index is -0.523. The van der Waals surface area contributed by atoms with E-state index in [1.54, 1.807) is 54.6 Å². The summed E-state index contributed by atoms with van der Waals surface area (Å²) in [4.78, 5) is 35.8. The first kappa shape index (κ1) is 22.7. The summed E-state index contributed by atoms with van der Waals surface area (Å²) >= 11 is 6.06. The smallest absolute Gasteiger partial charge is 0.343 e. The van der Waals surface area contributed by atoms with Crippen molar-refractivity contribution in [2.45, 2.75) is 13.8 Å². The van der Waals surface area contributed by atoms with E-state index in [2.05, 4.69) is 15.8 Å². The van der Waals surface area contributed by atoms with Crippen LogP contribution in [0.25, 0.3) is 0 Å². The average molecular weight is 450 g/mol. The minimum Gasteiger partial charge on any atom is -0.422 e. The number of benzene rings is 3. The SMILES string of the molecule is CC(=O)Nc1ccc(C(=O)N/N=C/c2cc(Cl)ccc2OC(=O)c2ccc(C)cc2)cc1. The van der Waals surface area contributed by atoms with E-state index in [1.807, 2.05) is 19.1 Å². The molecule has 3 aromatic rings. The van der Waals surface area contributed by atoms with Gasteiger partial charge < -0.3 is 10.1 Å². The molecule has 3 aromatic carbocycles. The molecule has 0 unspecified atom stereocenters. The van der Waals surface area contributed by atoms with Crippen molar-refractivity contribution in [1.29, 1.82) is 0 Å². The van der Waals surface area contributed by atoms with Crippen molar-refractivity contribution in [3.8, 4) is 5.75 Å². The second-order valence-electron chi connectivity index (χ2n) is 6.90. The van der Waals surface area contributed by atoms with Gasteiger partial charge in [0.25, 0.3) is 5.91 Å². The van der Waals surface area contributed by atoms with E-state index in [4.69, 9.17) is 16.3 Å². The first-order valence-electron chi connectivity index (χ1n) is 9.61. The summed E-state index contributed by atoms with van der Waals surface area (Å²) in [6, 6.07) is 18.0. The molecule has 32 heavy (non-hydrogen) atoms. The van der Waals surface area contributed by atoms with Crippen molar-refractivity contribution in [3.05, 3.63) is 94.0 Å². The summed E-state index contributed by atoms with van der Waals surface area (Å²) in [6.07, 6.45) is 1.34. The Balaban J connectivity index is 1.69. The average Bonchev–Trinajstić information content (AvgIpc) is 2.76. The third-order valence-electron chi connectivity index (χ3n) is 4.30. The number of carbonyl (C=O) groups excluding carboxylic acids is 3. The Bertz CT molecular complexity index is 1170. The molecule has 0 aliphatic rings. The fourth-order valence-electron chi connectivity index (χ4n) is 2.69. The number of rotatable bonds is 6. The zero-order valence-corrected chi connectivity index (χ0v) is 18.1. The van der Waals surface area contributed by atoms with Gasteiger partial charge in [-0.05, 0) is 61.5 Å². The lowest BCUT2D eigenvalue weighted by Crippen LogP contribution is -2.18. The topological polar surface area (TPSA) is 96.9 Å². The van der Waals surface area contributed by atoms with Gasteiger partial charge in [0.2, 0.25) is 5.91 Å². The molecule has 162 valence electrons. The molecule has 2 amide bonds. The fourth-order valence-corrected chi connectivity index (χ4v) is 2.88. The van der Waals surface area contributed by atoms with Crippen LogP contribution in [-0.2, 0) is 4.79 Å². The van der Waals surface area contributed by atoms with E-state index in [1.165, 1.54) is 13.1 Å². The molecule has 0 radical (unpaired) electrons. The van der Waals surface area contributed by atoms with E-state index < -0.39 is 11.9 Å². The second kappa shape index (κ2) is 10.4. The molecule has 0 saturated heterocycles. The van der Waals surface area contributed by atoms with Gasteiger partial charge in [0.05, 0.1) is 11.8 Å². The third kappa shape index (κ3) is 6.26. The number of nitrogens with one attached hydrogen (secondary N) is 2. The van der Waals surface area contributed by atoms with Gasteiger partial charge in [-0.1, -0.05) is 29.3 Å². The van der Waals surface area contributed by atoms with Gasteiger partial charge in [-0.15, -0.1) is 0 Å². The van der Waals surface area contributed by atoms with Crippen LogP contribution in [-0.4, -0.2) is 24.0 Å². The maximum absolute atomic E-state index is 12.4. The predicted octanol–water partition coefficient (Wildman–Crippen LogP) is 4.59. The van der Waals surface area contributed by atoms with Crippen molar-refractivity contribution in [3.63, 3.8) is 0 Å². The number of hydrazone groups is 1. The Morgan fingerprint density at radius 2 is 1.59 bits per heavy atom. The monoisotopic (exact) mass is 449 g/mol. The van der Waals surface area contributed by atoms with Crippen LogP contribution in [0.5, 0.6) is 5.75 Å². The minimum absolute atomic E-state index is 0.202. The van der Waals surface area contributed by atoms with Crippen LogP contribution in [0.15, 0.2) is 71.8 Å². The van der Waals surface area contributed by atoms with Crippen LogP contribution in [0.3, 0.4) is 0 Å². The molecule has 0 fully saturated rings. The van der Waals surface area contributed by atoms with Crippen LogP contribution in [0.4, 0.5) is 5.69 Å². The number of hydrogen-bond donors (Lipinski definition) is 2. The number of esters is 1. The molecule has 3 rings (SSSR count). The summed E-state index contributed by atoms with van der Waals surface area (Å²) in [5.41, 5.74) is 5.19. The predicted molar refractivity (Wildman–Crippen MR) is 123 cm³/mol. The Kier molecular flexibility index (Phi) is 7.36. The van der Waals surface area contributed by atoms with Crippen LogP contribution in [0.1, 0.15) is 38.8 Å². The lowest BCUT2D eigenvalue weighted by Gasteiger charge is -2.08. The Hall–Kier alpha value is -3.97.